The number of nitrogens with two attached hydrogens (primary N) is 1. The maximum absolute atomic E-state index is 12.5. The summed E-state index contributed by atoms with van der Waals surface area (Å²) in [6, 6.07) is 10.5. The van der Waals surface area contributed by atoms with Crippen molar-refractivity contribution in [1.29, 1.82) is 0 Å². The molecular formula is C22H30N6O. The summed E-state index contributed by atoms with van der Waals surface area (Å²) in [4.78, 5) is 26.1. The molecule has 1 aromatic carbocycles. The molecule has 7 heteroatoms. The maximum Gasteiger partial charge on any atom is 0.256 e. The van der Waals surface area contributed by atoms with E-state index in [-0.39, 0.29) is 11.7 Å². The smallest absolute Gasteiger partial charge is 0.256 e. The minimum Gasteiger partial charge on any atom is -0.383 e. The fourth-order valence-electron chi connectivity index (χ4n) is 4.32. The van der Waals surface area contributed by atoms with Crippen molar-refractivity contribution in [3.8, 4) is 0 Å². The molecule has 154 valence electrons. The van der Waals surface area contributed by atoms with Crippen molar-refractivity contribution in [3.63, 3.8) is 0 Å². The molecule has 2 fully saturated rings. The summed E-state index contributed by atoms with van der Waals surface area (Å²) in [6.45, 7) is 4.31. The van der Waals surface area contributed by atoms with Gasteiger partial charge in [-0.1, -0.05) is 49.6 Å². The molecule has 4 rings (SSSR count). The Labute approximate surface area is 172 Å². The Hall–Kier alpha value is -2.67. The van der Waals surface area contributed by atoms with E-state index in [9.17, 15) is 4.79 Å². The molecule has 2 aliphatic rings. The highest BCUT2D eigenvalue weighted by molar-refractivity contribution is 5.98. The number of nitrogens with one attached hydrogen (secondary N) is 1. The monoisotopic (exact) mass is 394 g/mol. The van der Waals surface area contributed by atoms with Crippen LogP contribution in [0.4, 0.5) is 11.8 Å². The van der Waals surface area contributed by atoms with E-state index < -0.39 is 0 Å². The predicted molar refractivity (Wildman–Crippen MR) is 115 cm³/mol. The quantitative estimate of drug-likeness (QED) is 0.810. The average Bonchev–Trinajstić information content (AvgIpc) is 2.79. The average molecular weight is 395 g/mol. The number of amides is 1. The lowest BCUT2D eigenvalue weighted by Crippen LogP contribution is -2.51. The van der Waals surface area contributed by atoms with Gasteiger partial charge >= 0.3 is 0 Å². The molecule has 0 atom stereocenters. The summed E-state index contributed by atoms with van der Waals surface area (Å²) in [7, 11) is 0. The van der Waals surface area contributed by atoms with E-state index in [1.165, 1.54) is 32.1 Å². The Balaban J connectivity index is 1.33. The lowest BCUT2D eigenvalue weighted by atomic mass is 9.94. The minimum absolute atomic E-state index is 0.232. The fourth-order valence-corrected chi connectivity index (χ4v) is 4.32. The molecule has 3 N–H and O–H groups in total. The number of aromatic nitrogens is 2. The van der Waals surface area contributed by atoms with E-state index in [0.717, 1.165) is 37.8 Å². The third-order valence-corrected chi connectivity index (χ3v) is 6.03. The van der Waals surface area contributed by atoms with Gasteiger partial charge in [-0.15, -0.1) is 0 Å². The number of hydrogen-bond acceptors (Lipinski definition) is 6. The summed E-state index contributed by atoms with van der Waals surface area (Å²) in [5.41, 5.74) is 7.45. The Morgan fingerprint density at radius 3 is 2.48 bits per heavy atom. The first kappa shape index (κ1) is 19.6. The van der Waals surface area contributed by atoms with E-state index in [2.05, 4.69) is 25.1 Å². The van der Waals surface area contributed by atoms with E-state index in [1.54, 1.807) is 6.20 Å². The Bertz CT molecular complexity index is 813. The third kappa shape index (κ3) is 4.85. The van der Waals surface area contributed by atoms with Crippen LogP contribution in [0, 0.1) is 0 Å². The molecule has 1 saturated heterocycles. The third-order valence-electron chi connectivity index (χ3n) is 6.03. The second-order valence-electron chi connectivity index (χ2n) is 7.95. The summed E-state index contributed by atoms with van der Waals surface area (Å²) in [6.07, 6.45) is 8.31. The zero-order valence-electron chi connectivity index (χ0n) is 16.9. The van der Waals surface area contributed by atoms with Gasteiger partial charge in [0.15, 0.2) is 0 Å². The van der Waals surface area contributed by atoms with Crippen LogP contribution in [0.15, 0.2) is 36.5 Å². The SMILES string of the molecule is Nc1nc(N2CCN(C3CCCCC3)CC2)ncc1C(=O)NCc1ccccc1. The number of hydrogen-bond donors (Lipinski definition) is 2. The highest BCUT2D eigenvalue weighted by Gasteiger charge is 2.26. The van der Waals surface area contributed by atoms with Gasteiger partial charge in [0.25, 0.3) is 5.91 Å². The van der Waals surface area contributed by atoms with Crippen molar-refractivity contribution in [2.24, 2.45) is 0 Å². The fraction of sp³-hybridized carbons (Fsp3) is 0.500. The van der Waals surface area contributed by atoms with Crippen molar-refractivity contribution in [3.05, 3.63) is 47.7 Å². The van der Waals surface area contributed by atoms with Crippen molar-refractivity contribution in [2.45, 2.75) is 44.7 Å². The molecular weight excluding hydrogens is 364 g/mol. The molecule has 1 aliphatic carbocycles. The molecule has 1 saturated carbocycles. The number of benzene rings is 1. The zero-order chi connectivity index (χ0) is 20.1. The van der Waals surface area contributed by atoms with Crippen LogP contribution < -0.4 is 16.0 Å². The Morgan fingerprint density at radius 1 is 1.07 bits per heavy atom. The Kier molecular flexibility index (Phi) is 6.24. The number of anilines is 2. The number of carbonyl (C=O) groups excluding carboxylic acids is 1. The second kappa shape index (κ2) is 9.22. The summed E-state index contributed by atoms with van der Waals surface area (Å²) in [5.74, 6) is 0.598. The topological polar surface area (TPSA) is 87.4 Å². The van der Waals surface area contributed by atoms with Crippen LogP contribution in [0.3, 0.4) is 0 Å². The van der Waals surface area contributed by atoms with Gasteiger partial charge in [0.05, 0.1) is 5.56 Å². The largest absolute Gasteiger partial charge is 0.383 e. The van der Waals surface area contributed by atoms with Crippen LogP contribution in [0.1, 0.15) is 48.0 Å². The van der Waals surface area contributed by atoms with Crippen LogP contribution >= 0.6 is 0 Å². The van der Waals surface area contributed by atoms with Gasteiger partial charge in [-0.3, -0.25) is 9.69 Å². The van der Waals surface area contributed by atoms with E-state index in [1.807, 2.05) is 30.3 Å². The molecule has 0 unspecified atom stereocenters. The van der Waals surface area contributed by atoms with Gasteiger partial charge in [0.2, 0.25) is 5.95 Å². The minimum atomic E-state index is -0.250. The molecule has 0 bridgehead atoms. The van der Waals surface area contributed by atoms with Crippen LogP contribution in [-0.4, -0.2) is 53.0 Å². The normalized spacial score (nSPS) is 18.6. The lowest BCUT2D eigenvalue weighted by Gasteiger charge is -2.40. The molecule has 2 heterocycles. The number of carbonyl (C=O) groups is 1. The number of nitrogens with zero attached hydrogens (tertiary/aromatic N) is 4. The molecule has 0 radical (unpaired) electrons. The highest BCUT2D eigenvalue weighted by atomic mass is 16.1. The van der Waals surface area contributed by atoms with E-state index in [0.29, 0.717) is 18.1 Å². The van der Waals surface area contributed by atoms with Gasteiger partial charge in [0, 0.05) is 45.0 Å². The van der Waals surface area contributed by atoms with Gasteiger partial charge < -0.3 is 16.0 Å². The number of rotatable bonds is 5. The van der Waals surface area contributed by atoms with Gasteiger partial charge in [-0.05, 0) is 18.4 Å². The summed E-state index contributed by atoms with van der Waals surface area (Å²) >= 11 is 0. The Morgan fingerprint density at radius 2 is 1.79 bits per heavy atom. The number of piperazine rings is 1. The van der Waals surface area contributed by atoms with Crippen molar-refractivity contribution < 1.29 is 4.79 Å². The molecule has 1 amide bonds. The van der Waals surface area contributed by atoms with Crippen molar-refractivity contribution >= 4 is 17.7 Å². The molecule has 29 heavy (non-hydrogen) atoms. The van der Waals surface area contributed by atoms with Crippen molar-refractivity contribution in [1.82, 2.24) is 20.2 Å². The zero-order valence-corrected chi connectivity index (χ0v) is 16.9. The highest BCUT2D eigenvalue weighted by Crippen LogP contribution is 2.24. The first-order valence-electron chi connectivity index (χ1n) is 10.6. The van der Waals surface area contributed by atoms with Gasteiger partial charge in [0.1, 0.15) is 5.82 Å². The van der Waals surface area contributed by atoms with Gasteiger partial charge in [-0.25, -0.2) is 4.98 Å². The predicted octanol–water partition coefficient (Wildman–Crippen LogP) is 2.44. The summed E-state index contributed by atoms with van der Waals surface area (Å²) < 4.78 is 0. The molecule has 1 aromatic heterocycles. The number of nitrogen functional groups attached to an aromatic ring is 1. The van der Waals surface area contributed by atoms with Crippen LogP contribution in [0.25, 0.3) is 0 Å². The first-order valence-corrected chi connectivity index (χ1v) is 10.6. The molecule has 0 spiro atoms. The maximum atomic E-state index is 12.5. The molecule has 1 aliphatic heterocycles. The van der Waals surface area contributed by atoms with E-state index >= 15 is 0 Å². The second-order valence-corrected chi connectivity index (χ2v) is 7.95. The standard InChI is InChI=1S/C22H30N6O/c23-20-19(21(29)24-15-17-7-3-1-4-8-17)16-25-22(26-20)28-13-11-27(12-14-28)18-9-5-2-6-10-18/h1,3-4,7-8,16,18H,2,5-6,9-15H2,(H,24,29)(H2,23,25,26). The van der Waals surface area contributed by atoms with Gasteiger partial charge in [-0.2, -0.15) is 4.98 Å². The van der Waals surface area contributed by atoms with E-state index in [4.69, 9.17) is 5.73 Å². The van der Waals surface area contributed by atoms with Crippen LogP contribution in [0.2, 0.25) is 0 Å². The van der Waals surface area contributed by atoms with Crippen LogP contribution in [-0.2, 0) is 6.54 Å². The lowest BCUT2D eigenvalue weighted by molar-refractivity contribution is 0.0951. The first-order chi connectivity index (χ1) is 14.2. The van der Waals surface area contributed by atoms with Crippen molar-refractivity contribution in [2.75, 3.05) is 36.8 Å². The molecule has 7 nitrogen and oxygen atoms in total. The molecule has 2 aromatic rings. The van der Waals surface area contributed by atoms with Crippen LogP contribution in [0.5, 0.6) is 0 Å². The summed E-state index contributed by atoms with van der Waals surface area (Å²) in [5, 5.41) is 2.88.